The molecule has 0 spiro atoms. The Morgan fingerprint density at radius 2 is 2.24 bits per heavy atom. The number of hydrogen-bond donors (Lipinski definition) is 2. The number of aryl methyl sites for hydroxylation is 1. The summed E-state index contributed by atoms with van der Waals surface area (Å²) in [6.45, 7) is 5.54. The van der Waals surface area contributed by atoms with Gasteiger partial charge in [0, 0.05) is 32.1 Å². The van der Waals surface area contributed by atoms with E-state index < -0.39 is 0 Å². The number of aliphatic hydroxyl groups excluding tert-OH is 1. The first-order valence-corrected chi connectivity index (χ1v) is 6.79. The first-order valence-electron chi connectivity index (χ1n) is 6.79. The molecule has 96 valence electrons. The van der Waals surface area contributed by atoms with Crippen LogP contribution < -0.4 is 5.32 Å². The average molecular weight is 236 g/mol. The summed E-state index contributed by atoms with van der Waals surface area (Å²) in [4.78, 5) is 0. The average Bonchev–Trinajstić information content (AvgIpc) is 2.97. The first-order chi connectivity index (χ1) is 8.33. The van der Waals surface area contributed by atoms with Crippen molar-refractivity contribution in [3.05, 3.63) is 24.0 Å². The SMILES string of the molecule is CCn1ccc(CNCC2CCCC2CO)c1. The van der Waals surface area contributed by atoms with Crippen LogP contribution in [-0.2, 0) is 13.1 Å². The van der Waals surface area contributed by atoms with Crippen molar-refractivity contribution in [2.45, 2.75) is 39.3 Å². The van der Waals surface area contributed by atoms with E-state index in [0.29, 0.717) is 18.4 Å². The largest absolute Gasteiger partial charge is 0.396 e. The van der Waals surface area contributed by atoms with Crippen LogP contribution in [0, 0.1) is 11.8 Å². The summed E-state index contributed by atoms with van der Waals surface area (Å²) in [7, 11) is 0. The number of rotatable bonds is 6. The summed E-state index contributed by atoms with van der Waals surface area (Å²) >= 11 is 0. The van der Waals surface area contributed by atoms with E-state index in [1.165, 1.54) is 24.8 Å². The van der Waals surface area contributed by atoms with Crippen LogP contribution in [-0.4, -0.2) is 22.8 Å². The lowest BCUT2D eigenvalue weighted by Crippen LogP contribution is -2.26. The molecule has 1 aliphatic carbocycles. The van der Waals surface area contributed by atoms with Crippen LogP contribution in [0.25, 0.3) is 0 Å². The molecule has 1 heterocycles. The second-order valence-electron chi connectivity index (χ2n) is 5.11. The highest BCUT2D eigenvalue weighted by molar-refractivity contribution is 5.09. The molecule has 3 nitrogen and oxygen atoms in total. The third-order valence-electron chi connectivity index (χ3n) is 3.96. The van der Waals surface area contributed by atoms with Gasteiger partial charge in [0.15, 0.2) is 0 Å². The standard InChI is InChI=1S/C14H24N2O/c1-2-16-7-6-12(10-16)8-15-9-13-4-3-5-14(13)11-17/h6-7,10,13-15,17H,2-5,8-9,11H2,1H3. The van der Waals surface area contributed by atoms with Crippen molar-refractivity contribution in [3.8, 4) is 0 Å². The fourth-order valence-corrected chi connectivity index (χ4v) is 2.82. The fourth-order valence-electron chi connectivity index (χ4n) is 2.82. The van der Waals surface area contributed by atoms with Gasteiger partial charge in [-0.1, -0.05) is 6.42 Å². The topological polar surface area (TPSA) is 37.2 Å². The smallest absolute Gasteiger partial charge is 0.0462 e. The van der Waals surface area contributed by atoms with Crippen LogP contribution in [0.1, 0.15) is 31.7 Å². The number of aliphatic hydroxyl groups is 1. The van der Waals surface area contributed by atoms with Crippen LogP contribution in [0.2, 0.25) is 0 Å². The fraction of sp³-hybridized carbons (Fsp3) is 0.714. The first kappa shape index (κ1) is 12.7. The monoisotopic (exact) mass is 236 g/mol. The van der Waals surface area contributed by atoms with Crippen LogP contribution in [0.15, 0.2) is 18.5 Å². The maximum Gasteiger partial charge on any atom is 0.0462 e. The second-order valence-corrected chi connectivity index (χ2v) is 5.11. The Bertz CT molecular complexity index is 335. The van der Waals surface area contributed by atoms with Crippen molar-refractivity contribution in [1.29, 1.82) is 0 Å². The summed E-state index contributed by atoms with van der Waals surface area (Å²) in [5, 5.41) is 12.8. The van der Waals surface area contributed by atoms with E-state index in [4.69, 9.17) is 0 Å². The minimum Gasteiger partial charge on any atom is -0.396 e. The highest BCUT2D eigenvalue weighted by Crippen LogP contribution is 2.30. The van der Waals surface area contributed by atoms with Gasteiger partial charge in [-0.15, -0.1) is 0 Å². The Hall–Kier alpha value is -0.800. The van der Waals surface area contributed by atoms with Gasteiger partial charge in [0.1, 0.15) is 0 Å². The third kappa shape index (κ3) is 3.33. The minimum absolute atomic E-state index is 0.360. The molecule has 0 saturated heterocycles. The Kier molecular flexibility index (Phi) is 4.63. The van der Waals surface area contributed by atoms with Gasteiger partial charge in [-0.3, -0.25) is 0 Å². The minimum atomic E-state index is 0.360. The van der Waals surface area contributed by atoms with Gasteiger partial charge in [-0.05, 0) is 49.8 Å². The molecule has 1 aromatic heterocycles. The Balaban J connectivity index is 1.72. The van der Waals surface area contributed by atoms with Gasteiger partial charge in [0.05, 0.1) is 0 Å². The molecule has 0 amide bonds. The van der Waals surface area contributed by atoms with Crippen molar-refractivity contribution in [1.82, 2.24) is 9.88 Å². The van der Waals surface area contributed by atoms with Crippen LogP contribution in [0.3, 0.4) is 0 Å². The van der Waals surface area contributed by atoms with Crippen molar-refractivity contribution in [2.24, 2.45) is 11.8 Å². The molecule has 2 unspecified atom stereocenters. The summed E-state index contributed by atoms with van der Waals surface area (Å²) < 4.78 is 2.20. The highest BCUT2D eigenvalue weighted by atomic mass is 16.3. The van der Waals surface area contributed by atoms with Gasteiger partial charge in [-0.25, -0.2) is 0 Å². The van der Waals surface area contributed by atoms with Crippen LogP contribution >= 0.6 is 0 Å². The highest BCUT2D eigenvalue weighted by Gasteiger charge is 2.25. The second kappa shape index (κ2) is 6.22. The molecule has 0 aliphatic heterocycles. The molecule has 0 bridgehead atoms. The van der Waals surface area contributed by atoms with E-state index in [0.717, 1.165) is 19.6 Å². The summed E-state index contributed by atoms with van der Waals surface area (Å²) in [6, 6.07) is 2.18. The predicted molar refractivity (Wildman–Crippen MR) is 69.7 cm³/mol. The molecular formula is C14H24N2O. The lowest BCUT2D eigenvalue weighted by molar-refractivity contribution is 0.192. The maximum atomic E-state index is 9.26. The zero-order valence-corrected chi connectivity index (χ0v) is 10.7. The lowest BCUT2D eigenvalue weighted by Gasteiger charge is -2.17. The molecule has 2 N–H and O–H groups in total. The molecule has 1 aliphatic rings. The predicted octanol–water partition coefficient (Wildman–Crippen LogP) is 2.01. The van der Waals surface area contributed by atoms with Gasteiger partial charge >= 0.3 is 0 Å². The van der Waals surface area contributed by atoms with E-state index in [1.54, 1.807) is 0 Å². The zero-order chi connectivity index (χ0) is 12.1. The van der Waals surface area contributed by atoms with Crippen molar-refractivity contribution >= 4 is 0 Å². The van der Waals surface area contributed by atoms with Crippen LogP contribution in [0.5, 0.6) is 0 Å². The Morgan fingerprint density at radius 3 is 2.94 bits per heavy atom. The van der Waals surface area contributed by atoms with Gasteiger partial charge in [0.25, 0.3) is 0 Å². The normalized spacial score (nSPS) is 24.4. The molecule has 0 aromatic carbocycles. The van der Waals surface area contributed by atoms with Gasteiger partial charge in [0.2, 0.25) is 0 Å². The van der Waals surface area contributed by atoms with Crippen molar-refractivity contribution < 1.29 is 5.11 Å². The third-order valence-corrected chi connectivity index (χ3v) is 3.96. The molecule has 1 fully saturated rings. The molecule has 2 atom stereocenters. The van der Waals surface area contributed by atoms with E-state index in [1.807, 2.05) is 0 Å². The molecule has 1 saturated carbocycles. The van der Waals surface area contributed by atoms with Gasteiger partial charge < -0.3 is 15.0 Å². The summed E-state index contributed by atoms with van der Waals surface area (Å²) in [5.41, 5.74) is 1.35. The molecule has 2 rings (SSSR count). The number of nitrogens with one attached hydrogen (secondary N) is 1. The van der Waals surface area contributed by atoms with Crippen molar-refractivity contribution in [3.63, 3.8) is 0 Å². The molecule has 1 aromatic rings. The molecule has 0 radical (unpaired) electrons. The quantitative estimate of drug-likeness (QED) is 0.793. The summed E-state index contributed by atoms with van der Waals surface area (Å²) in [6.07, 6.45) is 8.08. The molecule has 3 heteroatoms. The molecule has 17 heavy (non-hydrogen) atoms. The number of hydrogen-bond acceptors (Lipinski definition) is 2. The van der Waals surface area contributed by atoms with Crippen molar-refractivity contribution in [2.75, 3.05) is 13.2 Å². The van der Waals surface area contributed by atoms with E-state index >= 15 is 0 Å². The van der Waals surface area contributed by atoms with E-state index in [-0.39, 0.29) is 0 Å². The van der Waals surface area contributed by atoms with Crippen LogP contribution in [0.4, 0.5) is 0 Å². The van der Waals surface area contributed by atoms with Gasteiger partial charge in [-0.2, -0.15) is 0 Å². The number of aromatic nitrogens is 1. The zero-order valence-electron chi connectivity index (χ0n) is 10.7. The lowest BCUT2D eigenvalue weighted by atomic mass is 9.97. The Morgan fingerprint density at radius 1 is 1.41 bits per heavy atom. The summed E-state index contributed by atoms with van der Waals surface area (Å²) in [5.74, 6) is 1.20. The van der Waals surface area contributed by atoms with E-state index in [2.05, 4.69) is 35.3 Å². The maximum absolute atomic E-state index is 9.26. The Labute approximate surface area is 104 Å². The van der Waals surface area contributed by atoms with E-state index in [9.17, 15) is 5.11 Å². The molecular weight excluding hydrogens is 212 g/mol. The number of nitrogens with zero attached hydrogens (tertiary/aromatic N) is 1.